The first-order valence-corrected chi connectivity index (χ1v) is 0. The molecule has 0 aromatic carbocycles. The van der Waals surface area contributed by atoms with Gasteiger partial charge in [-0.3, -0.25) is 0 Å². The van der Waals surface area contributed by atoms with Gasteiger partial charge in [-0.25, -0.2) is 0 Å². The third-order valence-electron chi connectivity index (χ3n) is 0. The largest absolute Gasteiger partial charge is 2.00 e. The van der Waals surface area contributed by atoms with Gasteiger partial charge in [0.1, 0.15) is 0 Å². The van der Waals surface area contributed by atoms with Gasteiger partial charge in [0.25, 0.3) is 0 Å². The van der Waals surface area contributed by atoms with Gasteiger partial charge < -0.3 is 5.48 Å². The Hall–Kier alpha value is 2.19. The molecule has 0 atom stereocenters. The Morgan fingerprint density at radius 3 is 1.00 bits per heavy atom. The molecule has 4 heavy (non-hydrogen) atoms. The Morgan fingerprint density at radius 1 is 1.00 bits per heavy atom. The fourth-order valence-electron chi connectivity index (χ4n) is 0. The Balaban J connectivity index is 0. The molecular weight excluding hydrogens is 266 g/mol. The number of hydrogen-bond donors (Lipinski definition) is 0. The molecule has 0 aromatic rings. The quantitative estimate of drug-likeness (QED) is 0.584. The summed E-state index contributed by atoms with van der Waals surface area (Å²) in [5, 5.41) is 0. The van der Waals surface area contributed by atoms with Crippen LogP contribution >= 0.6 is 0 Å². The van der Waals surface area contributed by atoms with Crippen LogP contribution in [0.15, 0.2) is 0 Å². The molecular formula is CoCrLaO. The smallest absolute Gasteiger partial charge is 2.00 e. The van der Waals surface area contributed by atoms with Crippen LogP contribution in [0.1, 0.15) is 0 Å². The molecule has 0 saturated heterocycles. The van der Waals surface area contributed by atoms with Crippen LogP contribution in [0.4, 0.5) is 0 Å². The van der Waals surface area contributed by atoms with E-state index in [-0.39, 0.29) is 75.2 Å². The van der Waals surface area contributed by atoms with Crippen molar-refractivity contribution in [2.24, 2.45) is 0 Å². The van der Waals surface area contributed by atoms with Crippen molar-refractivity contribution in [3.63, 3.8) is 0 Å². The Labute approximate surface area is 74.1 Å². The van der Waals surface area contributed by atoms with Crippen LogP contribution < -0.4 is 0 Å². The molecule has 0 aliphatic heterocycles. The summed E-state index contributed by atoms with van der Waals surface area (Å²) in [6, 6.07) is 0. The molecule has 24 valence electrons. The summed E-state index contributed by atoms with van der Waals surface area (Å²) in [7, 11) is 0. The summed E-state index contributed by atoms with van der Waals surface area (Å²) in [5.74, 6) is 0. The monoisotopic (exact) mass is 266 g/mol. The van der Waals surface area contributed by atoms with Gasteiger partial charge in [0.2, 0.25) is 0 Å². The van der Waals surface area contributed by atoms with Crippen LogP contribution in [0.25, 0.3) is 0 Å². The third kappa shape index (κ3) is 8.89. The average molecular weight is 266 g/mol. The minimum absolute atomic E-state index is 0. The zero-order valence-electron chi connectivity index (χ0n) is 1.73. The molecule has 0 aromatic heterocycles. The summed E-state index contributed by atoms with van der Waals surface area (Å²) in [6.07, 6.45) is 0. The summed E-state index contributed by atoms with van der Waals surface area (Å²) in [5.41, 5.74) is 0. The summed E-state index contributed by atoms with van der Waals surface area (Å²) >= 11 is 0. The third-order valence-corrected chi connectivity index (χ3v) is 0. The Kier molecular flexibility index (Phi) is 165. The second kappa shape index (κ2) is 19.0. The van der Waals surface area contributed by atoms with Crippen molar-refractivity contribution in [2.75, 3.05) is 0 Å². The van der Waals surface area contributed by atoms with Crippen molar-refractivity contribution in [1.82, 2.24) is 0 Å². The minimum atomic E-state index is 0. The van der Waals surface area contributed by atoms with E-state index >= 15 is 0 Å². The summed E-state index contributed by atoms with van der Waals surface area (Å²) in [4.78, 5) is 0. The maximum Gasteiger partial charge on any atom is 2.00 e. The van der Waals surface area contributed by atoms with Gasteiger partial charge in [0.15, 0.2) is 0 Å². The maximum atomic E-state index is 0. The predicted molar refractivity (Wildman–Crippen MR) is 0.686 cm³/mol. The first-order valence-electron chi connectivity index (χ1n) is 0. The van der Waals surface area contributed by atoms with Gasteiger partial charge in [-0.1, -0.05) is 0 Å². The zero-order valence-corrected chi connectivity index (χ0v) is 7.67. The van der Waals surface area contributed by atoms with Crippen LogP contribution in [0.3, 0.4) is 0 Å². The van der Waals surface area contributed by atoms with Gasteiger partial charge in [0, 0.05) is 53.0 Å². The van der Waals surface area contributed by atoms with Crippen LogP contribution in [0.2, 0.25) is 0 Å². The Bertz CT molecular complexity index is 8.00. The van der Waals surface area contributed by atoms with Crippen molar-refractivity contribution >= 4 is 0 Å². The summed E-state index contributed by atoms with van der Waals surface area (Å²) < 4.78 is 0. The molecule has 0 fully saturated rings. The zero-order chi connectivity index (χ0) is 0. The minimum Gasteiger partial charge on any atom is -2.00 e. The topological polar surface area (TPSA) is 28.5 Å². The molecule has 0 spiro atoms. The molecule has 4 heteroatoms. The first-order chi connectivity index (χ1) is 0. The van der Waals surface area contributed by atoms with Gasteiger partial charge in [-0.05, 0) is 0 Å². The van der Waals surface area contributed by atoms with E-state index in [0.717, 1.165) is 0 Å². The van der Waals surface area contributed by atoms with Gasteiger partial charge in [-0.15, -0.1) is 0 Å². The number of hydrogen-bond acceptors (Lipinski definition) is 0. The van der Waals surface area contributed by atoms with E-state index in [2.05, 4.69) is 0 Å². The van der Waals surface area contributed by atoms with E-state index in [4.69, 9.17) is 0 Å². The predicted octanol–water partition coefficient (Wildman–Crippen LogP) is -0.124. The molecule has 0 aliphatic carbocycles. The van der Waals surface area contributed by atoms with E-state index in [0.29, 0.717) is 0 Å². The maximum absolute atomic E-state index is 0. The van der Waals surface area contributed by atoms with Gasteiger partial charge in [-0.2, -0.15) is 0 Å². The SMILES string of the molecule is [Co+2].[Cr].[La].[O-2]. The fraction of sp³-hybridized carbons (Fsp3) is 0. The second-order valence-corrected chi connectivity index (χ2v) is 0. The molecule has 0 unspecified atom stereocenters. The molecule has 0 N–H and O–H groups in total. The summed E-state index contributed by atoms with van der Waals surface area (Å²) in [6.45, 7) is 0. The van der Waals surface area contributed by atoms with Gasteiger partial charge >= 0.3 is 16.8 Å². The molecule has 1 nitrogen and oxygen atoms in total. The van der Waals surface area contributed by atoms with Crippen LogP contribution in [0, 0.1) is 35.6 Å². The molecule has 0 bridgehead atoms. The first kappa shape index (κ1) is 34.7. The van der Waals surface area contributed by atoms with E-state index < -0.39 is 0 Å². The molecule has 0 amide bonds. The van der Waals surface area contributed by atoms with E-state index in [1.807, 2.05) is 0 Å². The van der Waals surface area contributed by atoms with E-state index in [9.17, 15) is 0 Å². The number of rotatable bonds is 0. The molecule has 0 saturated carbocycles. The average Bonchev–Trinajstić information content (AvgIpc) is 0. The van der Waals surface area contributed by atoms with Crippen LogP contribution in [0.5, 0.6) is 0 Å². The van der Waals surface area contributed by atoms with Gasteiger partial charge in [0.05, 0.1) is 0 Å². The molecule has 0 rings (SSSR count). The Morgan fingerprint density at radius 2 is 1.00 bits per heavy atom. The second-order valence-electron chi connectivity index (χ2n) is 0. The van der Waals surface area contributed by atoms with Crippen molar-refractivity contribution in [3.05, 3.63) is 0 Å². The van der Waals surface area contributed by atoms with E-state index in [1.54, 1.807) is 0 Å². The van der Waals surface area contributed by atoms with Crippen molar-refractivity contribution < 1.29 is 75.2 Å². The van der Waals surface area contributed by atoms with Crippen molar-refractivity contribution in [2.45, 2.75) is 0 Å². The van der Waals surface area contributed by atoms with Crippen LogP contribution in [-0.4, -0.2) is 0 Å². The normalized spacial score (nSPS) is 0. The van der Waals surface area contributed by atoms with Crippen molar-refractivity contribution in [1.29, 1.82) is 0 Å². The molecule has 0 aliphatic rings. The molecule has 0 heterocycles. The van der Waals surface area contributed by atoms with Crippen molar-refractivity contribution in [3.8, 4) is 0 Å². The fourth-order valence-corrected chi connectivity index (χ4v) is 0. The van der Waals surface area contributed by atoms with E-state index in [1.165, 1.54) is 0 Å². The molecule has 2 radical (unpaired) electrons. The van der Waals surface area contributed by atoms with Crippen LogP contribution in [-0.2, 0) is 39.6 Å². The standard InChI is InChI=1S/Co.Cr.La.O/q+2;;;-2.